The molecule has 4 heteroatoms. The van der Waals surface area contributed by atoms with Crippen molar-refractivity contribution in [3.8, 4) is 0 Å². The molecule has 0 aromatic carbocycles. The van der Waals surface area contributed by atoms with E-state index < -0.39 is 0 Å². The average molecular weight is 279 g/mol. The Morgan fingerprint density at radius 2 is 1.95 bits per heavy atom. The summed E-state index contributed by atoms with van der Waals surface area (Å²) in [5.41, 5.74) is 0. The molecule has 0 aromatic heterocycles. The number of carbonyl (C=O) groups is 1. The molecular weight excluding hydrogens is 250 g/mol. The highest BCUT2D eigenvalue weighted by molar-refractivity contribution is 5.82. The fourth-order valence-electron chi connectivity index (χ4n) is 3.72. The van der Waals surface area contributed by atoms with Crippen LogP contribution in [0.5, 0.6) is 0 Å². The highest BCUT2D eigenvalue weighted by atomic mass is 16.2. The van der Waals surface area contributed by atoms with Gasteiger partial charge in [-0.05, 0) is 51.0 Å². The third-order valence-corrected chi connectivity index (χ3v) is 5.35. The normalized spacial score (nSPS) is 33.0. The first-order valence-corrected chi connectivity index (χ1v) is 8.54. The summed E-state index contributed by atoms with van der Waals surface area (Å²) in [6.07, 6.45) is 8.48. The third-order valence-electron chi connectivity index (χ3n) is 5.35. The minimum absolute atomic E-state index is 0.0511. The fourth-order valence-corrected chi connectivity index (χ4v) is 3.72. The molecule has 20 heavy (non-hydrogen) atoms. The molecule has 0 bridgehead atoms. The van der Waals surface area contributed by atoms with Gasteiger partial charge in [-0.3, -0.25) is 4.79 Å². The lowest BCUT2D eigenvalue weighted by molar-refractivity contribution is -0.125. The number of carbonyl (C=O) groups excluding carboxylic acids is 1. The van der Waals surface area contributed by atoms with Crippen molar-refractivity contribution in [3.05, 3.63) is 0 Å². The van der Waals surface area contributed by atoms with Gasteiger partial charge in [-0.2, -0.15) is 0 Å². The zero-order chi connectivity index (χ0) is 13.9. The summed E-state index contributed by atoms with van der Waals surface area (Å²) in [5, 5.41) is 6.67. The smallest absolute Gasteiger partial charge is 0.237 e. The molecule has 0 radical (unpaired) electrons. The fraction of sp³-hybridized carbons (Fsp3) is 0.938. The van der Waals surface area contributed by atoms with Crippen LogP contribution in [0, 0.1) is 5.92 Å². The standard InChI is InChI=1S/C16H29N3O/c1-2-12-5-8-17-15(11-12)16(20)18-13-6-9-19(10-7-13)14-3-4-14/h12-15,17H,2-11H2,1H3,(H,18,20). The Morgan fingerprint density at radius 1 is 1.20 bits per heavy atom. The van der Waals surface area contributed by atoms with Crippen LogP contribution in [0.2, 0.25) is 0 Å². The Bertz CT molecular complexity index is 335. The van der Waals surface area contributed by atoms with Gasteiger partial charge in [0.15, 0.2) is 0 Å². The van der Waals surface area contributed by atoms with Gasteiger partial charge in [-0.1, -0.05) is 13.3 Å². The van der Waals surface area contributed by atoms with Gasteiger partial charge in [-0.25, -0.2) is 0 Å². The molecule has 2 unspecified atom stereocenters. The van der Waals surface area contributed by atoms with Gasteiger partial charge in [0.05, 0.1) is 6.04 Å². The molecule has 3 aliphatic rings. The van der Waals surface area contributed by atoms with Crippen LogP contribution >= 0.6 is 0 Å². The Morgan fingerprint density at radius 3 is 2.60 bits per heavy atom. The van der Waals surface area contributed by atoms with Crippen molar-refractivity contribution < 1.29 is 4.79 Å². The second-order valence-electron chi connectivity index (χ2n) is 6.86. The summed E-state index contributed by atoms with van der Waals surface area (Å²) in [7, 11) is 0. The molecule has 2 atom stereocenters. The van der Waals surface area contributed by atoms with E-state index in [-0.39, 0.29) is 11.9 Å². The van der Waals surface area contributed by atoms with Crippen LogP contribution < -0.4 is 10.6 Å². The van der Waals surface area contributed by atoms with Gasteiger partial charge in [0, 0.05) is 25.2 Å². The summed E-state index contributed by atoms with van der Waals surface area (Å²) < 4.78 is 0. The second kappa shape index (κ2) is 6.44. The number of nitrogens with zero attached hydrogens (tertiary/aromatic N) is 1. The first-order chi connectivity index (χ1) is 9.76. The number of hydrogen-bond acceptors (Lipinski definition) is 3. The van der Waals surface area contributed by atoms with Crippen LogP contribution in [0.15, 0.2) is 0 Å². The number of likely N-dealkylation sites (tertiary alicyclic amines) is 1. The van der Waals surface area contributed by atoms with Crippen LogP contribution in [0.25, 0.3) is 0 Å². The van der Waals surface area contributed by atoms with Crippen LogP contribution in [0.3, 0.4) is 0 Å². The molecule has 2 aliphatic heterocycles. The lowest BCUT2D eigenvalue weighted by atomic mass is 9.90. The summed E-state index contributed by atoms with van der Waals surface area (Å²) in [6.45, 7) is 5.58. The lowest BCUT2D eigenvalue weighted by Crippen LogP contribution is -2.53. The quantitative estimate of drug-likeness (QED) is 0.820. The maximum Gasteiger partial charge on any atom is 0.237 e. The van der Waals surface area contributed by atoms with E-state index in [1.165, 1.54) is 38.8 Å². The summed E-state index contributed by atoms with van der Waals surface area (Å²) in [6, 6.07) is 1.33. The van der Waals surface area contributed by atoms with Gasteiger partial charge in [-0.15, -0.1) is 0 Å². The maximum absolute atomic E-state index is 12.4. The molecule has 2 heterocycles. The van der Waals surface area contributed by atoms with Crippen LogP contribution in [0.4, 0.5) is 0 Å². The number of amides is 1. The van der Waals surface area contributed by atoms with Crippen LogP contribution in [-0.2, 0) is 4.79 Å². The van der Waals surface area contributed by atoms with Gasteiger partial charge in [0.25, 0.3) is 0 Å². The predicted molar refractivity (Wildman–Crippen MR) is 80.6 cm³/mol. The number of nitrogens with one attached hydrogen (secondary N) is 2. The zero-order valence-electron chi connectivity index (χ0n) is 12.7. The average Bonchev–Trinajstić information content (AvgIpc) is 3.33. The summed E-state index contributed by atoms with van der Waals surface area (Å²) in [5.74, 6) is 0.969. The first-order valence-electron chi connectivity index (χ1n) is 8.54. The molecule has 1 aliphatic carbocycles. The van der Waals surface area contributed by atoms with Crippen molar-refractivity contribution in [3.63, 3.8) is 0 Å². The molecule has 3 rings (SSSR count). The van der Waals surface area contributed by atoms with Gasteiger partial charge < -0.3 is 15.5 Å². The molecule has 2 N–H and O–H groups in total. The SMILES string of the molecule is CCC1CCNC(C(=O)NC2CCN(C3CC3)CC2)C1. The van der Waals surface area contributed by atoms with Gasteiger partial charge >= 0.3 is 0 Å². The van der Waals surface area contributed by atoms with Gasteiger partial charge in [0.2, 0.25) is 5.91 Å². The summed E-state index contributed by atoms with van der Waals surface area (Å²) >= 11 is 0. The van der Waals surface area contributed by atoms with E-state index in [9.17, 15) is 4.79 Å². The maximum atomic E-state index is 12.4. The van der Waals surface area contributed by atoms with E-state index >= 15 is 0 Å². The molecule has 0 aromatic rings. The molecular formula is C16H29N3O. The van der Waals surface area contributed by atoms with Crippen molar-refractivity contribution >= 4 is 5.91 Å². The minimum Gasteiger partial charge on any atom is -0.352 e. The topological polar surface area (TPSA) is 44.4 Å². The Labute approximate surface area is 122 Å². The van der Waals surface area contributed by atoms with Crippen LogP contribution in [-0.4, -0.2) is 48.6 Å². The Kier molecular flexibility index (Phi) is 4.61. The molecule has 2 saturated heterocycles. The highest BCUT2D eigenvalue weighted by Gasteiger charge is 2.33. The molecule has 4 nitrogen and oxygen atoms in total. The molecule has 3 fully saturated rings. The first kappa shape index (κ1) is 14.3. The van der Waals surface area contributed by atoms with Crippen molar-refractivity contribution in [2.24, 2.45) is 5.92 Å². The molecule has 1 amide bonds. The van der Waals surface area contributed by atoms with Gasteiger partial charge in [0.1, 0.15) is 0 Å². The van der Waals surface area contributed by atoms with E-state index in [4.69, 9.17) is 0 Å². The van der Waals surface area contributed by atoms with E-state index in [0.29, 0.717) is 6.04 Å². The van der Waals surface area contributed by atoms with Crippen molar-refractivity contribution in [2.45, 2.75) is 70.0 Å². The van der Waals surface area contributed by atoms with Crippen molar-refractivity contribution in [1.29, 1.82) is 0 Å². The van der Waals surface area contributed by atoms with E-state index in [1.807, 2.05) is 0 Å². The number of hydrogen-bond donors (Lipinski definition) is 2. The number of rotatable bonds is 4. The lowest BCUT2D eigenvalue weighted by Gasteiger charge is -2.34. The highest BCUT2D eigenvalue weighted by Crippen LogP contribution is 2.29. The monoisotopic (exact) mass is 279 g/mol. The van der Waals surface area contributed by atoms with E-state index in [2.05, 4.69) is 22.5 Å². The molecule has 0 spiro atoms. The third kappa shape index (κ3) is 3.53. The summed E-state index contributed by atoms with van der Waals surface area (Å²) in [4.78, 5) is 15.0. The minimum atomic E-state index is 0.0511. The predicted octanol–water partition coefficient (Wildman–Crippen LogP) is 1.51. The van der Waals surface area contributed by atoms with Crippen LogP contribution in [0.1, 0.15) is 51.9 Å². The largest absolute Gasteiger partial charge is 0.352 e. The molecule has 114 valence electrons. The van der Waals surface area contributed by atoms with Crippen molar-refractivity contribution in [2.75, 3.05) is 19.6 Å². The zero-order valence-corrected chi connectivity index (χ0v) is 12.7. The molecule has 1 saturated carbocycles. The second-order valence-corrected chi connectivity index (χ2v) is 6.86. The van der Waals surface area contributed by atoms with E-state index in [1.54, 1.807) is 0 Å². The van der Waals surface area contributed by atoms with E-state index in [0.717, 1.165) is 37.8 Å². The number of piperidine rings is 2. The Hall–Kier alpha value is -0.610. The van der Waals surface area contributed by atoms with Crippen molar-refractivity contribution in [1.82, 2.24) is 15.5 Å². The Balaban J connectivity index is 1.42.